The van der Waals surface area contributed by atoms with Crippen molar-refractivity contribution in [2.45, 2.75) is 6.18 Å². The second-order valence-corrected chi connectivity index (χ2v) is 2.95. The molecule has 8 heteroatoms. The fraction of sp³-hybridized carbons (Fsp3) is 0.125. The van der Waals surface area contributed by atoms with Crippen LogP contribution < -0.4 is 5.32 Å². The van der Waals surface area contributed by atoms with Crippen molar-refractivity contribution in [3.63, 3.8) is 0 Å². The zero-order valence-electron chi connectivity index (χ0n) is 7.67. The molecule has 0 saturated carbocycles. The second-order valence-electron chi connectivity index (χ2n) is 2.95. The molecule has 0 aliphatic rings. The number of nitrogens with one attached hydrogen (secondary N) is 2. The third-order valence-corrected chi connectivity index (χ3v) is 1.85. The Hall–Kier alpha value is -2.12. The van der Waals surface area contributed by atoms with E-state index in [1.165, 1.54) is 12.1 Å². The van der Waals surface area contributed by atoms with Gasteiger partial charge in [-0.25, -0.2) is 0 Å². The second kappa shape index (κ2) is 3.47. The third kappa shape index (κ3) is 1.81. The first-order valence-corrected chi connectivity index (χ1v) is 4.16. The Morgan fingerprint density at radius 2 is 2.06 bits per heavy atom. The van der Waals surface area contributed by atoms with Gasteiger partial charge in [-0.3, -0.25) is 4.79 Å². The topological polar surface area (TPSA) is 70.7 Å². The molecule has 0 fully saturated rings. The summed E-state index contributed by atoms with van der Waals surface area (Å²) in [6, 6.07) is 4.34. The molecule has 16 heavy (non-hydrogen) atoms. The Morgan fingerprint density at radius 3 is 2.75 bits per heavy atom. The van der Waals surface area contributed by atoms with E-state index in [2.05, 4.69) is 15.4 Å². The summed E-state index contributed by atoms with van der Waals surface area (Å²) in [5.41, 5.74) is 0.522. The molecule has 1 amide bonds. The highest BCUT2D eigenvalue weighted by Gasteiger charge is 2.38. The summed E-state index contributed by atoms with van der Waals surface area (Å²) in [6.07, 6.45) is -4.92. The maximum Gasteiger partial charge on any atom is 0.471 e. The van der Waals surface area contributed by atoms with Crippen LogP contribution in [-0.4, -0.2) is 27.5 Å². The molecule has 0 radical (unpaired) electrons. The Bertz CT molecular complexity index is 533. The zero-order chi connectivity index (χ0) is 11.8. The highest BCUT2D eigenvalue weighted by Crippen LogP contribution is 2.22. The Kier molecular flexibility index (Phi) is 2.26. The number of para-hydroxylation sites is 1. The highest BCUT2D eigenvalue weighted by atomic mass is 19.4. The van der Waals surface area contributed by atoms with Crippen LogP contribution in [0.3, 0.4) is 0 Å². The molecule has 0 bridgehead atoms. The first-order chi connectivity index (χ1) is 7.48. The van der Waals surface area contributed by atoms with Crippen molar-refractivity contribution in [3.8, 4) is 0 Å². The lowest BCUT2D eigenvalue weighted by atomic mass is 10.2. The molecular weight excluding hydrogens is 225 g/mol. The van der Waals surface area contributed by atoms with E-state index in [9.17, 15) is 18.0 Å². The quantitative estimate of drug-likeness (QED) is 0.779. The summed E-state index contributed by atoms with van der Waals surface area (Å²) < 4.78 is 36.0. The Labute approximate surface area is 86.6 Å². The summed E-state index contributed by atoms with van der Waals surface area (Å²) in [5.74, 6) is -2.04. The fourth-order valence-corrected chi connectivity index (χ4v) is 1.16. The van der Waals surface area contributed by atoms with Gasteiger partial charge in [0.1, 0.15) is 11.0 Å². The monoisotopic (exact) mass is 230 g/mol. The maximum atomic E-state index is 12.0. The molecule has 5 nitrogen and oxygen atoms in total. The molecular formula is C8H5F3N4O. The molecule has 2 N–H and O–H groups in total. The van der Waals surface area contributed by atoms with Crippen LogP contribution in [0.25, 0.3) is 11.0 Å². The van der Waals surface area contributed by atoms with Crippen molar-refractivity contribution < 1.29 is 18.0 Å². The number of rotatable bonds is 1. The van der Waals surface area contributed by atoms with Gasteiger partial charge in [0, 0.05) is 0 Å². The molecule has 0 atom stereocenters. The van der Waals surface area contributed by atoms with Crippen LogP contribution in [-0.2, 0) is 4.79 Å². The van der Waals surface area contributed by atoms with Gasteiger partial charge in [0.05, 0.1) is 5.69 Å². The molecule has 84 valence electrons. The van der Waals surface area contributed by atoms with E-state index in [0.29, 0.717) is 5.52 Å². The number of amides is 1. The van der Waals surface area contributed by atoms with Crippen LogP contribution in [0.4, 0.5) is 18.9 Å². The van der Waals surface area contributed by atoms with Crippen LogP contribution in [0, 0.1) is 0 Å². The van der Waals surface area contributed by atoms with Gasteiger partial charge in [0.25, 0.3) is 0 Å². The van der Waals surface area contributed by atoms with Gasteiger partial charge in [-0.05, 0) is 12.1 Å². The van der Waals surface area contributed by atoms with E-state index in [1.54, 1.807) is 11.4 Å². The van der Waals surface area contributed by atoms with E-state index in [4.69, 9.17) is 0 Å². The number of aromatic amines is 1. The molecule has 0 aliphatic heterocycles. The summed E-state index contributed by atoms with van der Waals surface area (Å²) in [6.45, 7) is 0. The molecule has 2 rings (SSSR count). The van der Waals surface area contributed by atoms with Crippen molar-refractivity contribution in [2.75, 3.05) is 5.32 Å². The number of hydrogen-bond donors (Lipinski definition) is 2. The lowest BCUT2D eigenvalue weighted by molar-refractivity contribution is -0.167. The maximum absolute atomic E-state index is 12.0. The molecule has 0 spiro atoms. The molecule has 1 aromatic carbocycles. The number of nitrogens with zero attached hydrogens (tertiary/aromatic N) is 2. The van der Waals surface area contributed by atoms with Crippen molar-refractivity contribution in [1.82, 2.24) is 15.4 Å². The fourth-order valence-electron chi connectivity index (χ4n) is 1.16. The lowest BCUT2D eigenvalue weighted by Gasteiger charge is -2.07. The number of alkyl halides is 3. The first-order valence-electron chi connectivity index (χ1n) is 4.16. The van der Waals surface area contributed by atoms with Crippen LogP contribution >= 0.6 is 0 Å². The van der Waals surface area contributed by atoms with Crippen LogP contribution in [0.1, 0.15) is 0 Å². The number of hydrogen-bond acceptors (Lipinski definition) is 3. The van der Waals surface area contributed by atoms with Gasteiger partial charge in [0.2, 0.25) is 0 Å². The van der Waals surface area contributed by atoms with Crippen molar-refractivity contribution in [2.24, 2.45) is 0 Å². The average molecular weight is 230 g/mol. The van der Waals surface area contributed by atoms with E-state index >= 15 is 0 Å². The average Bonchev–Trinajstić information content (AvgIpc) is 2.65. The molecule has 2 aromatic rings. The lowest BCUT2D eigenvalue weighted by Crippen LogP contribution is -2.30. The first kappa shape index (κ1) is 10.4. The number of carbonyl (C=O) groups is 1. The van der Waals surface area contributed by atoms with Crippen molar-refractivity contribution in [1.29, 1.82) is 0 Å². The molecule has 1 aromatic heterocycles. The number of carbonyl (C=O) groups excluding carboxylic acids is 1. The smallest absolute Gasteiger partial charge is 0.316 e. The highest BCUT2D eigenvalue weighted by molar-refractivity contribution is 6.01. The van der Waals surface area contributed by atoms with Gasteiger partial charge in [-0.1, -0.05) is 6.07 Å². The summed E-state index contributed by atoms with van der Waals surface area (Å²) in [4.78, 5) is 10.7. The minimum Gasteiger partial charge on any atom is -0.316 e. The molecule has 0 unspecified atom stereocenters. The predicted molar refractivity (Wildman–Crippen MR) is 48.6 cm³/mol. The standard InChI is InChI=1S/C8H5F3N4O/c9-8(10,11)7(16)12-4-2-1-3-5-6(4)14-15-13-5/h1-3H,(H,12,16)(H,13,14,15). The number of H-pyrrole nitrogens is 1. The van der Waals surface area contributed by atoms with Crippen molar-refractivity contribution in [3.05, 3.63) is 18.2 Å². The van der Waals surface area contributed by atoms with E-state index in [0.717, 1.165) is 0 Å². The zero-order valence-corrected chi connectivity index (χ0v) is 7.67. The minimum absolute atomic E-state index is 0.0337. The summed E-state index contributed by atoms with van der Waals surface area (Å²) >= 11 is 0. The van der Waals surface area contributed by atoms with Gasteiger partial charge in [0.15, 0.2) is 0 Å². The largest absolute Gasteiger partial charge is 0.471 e. The van der Waals surface area contributed by atoms with E-state index in [-0.39, 0.29) is 11.2 Å². The van der Waals surface area contributed by atoms with Gasteiger partial charge in [-0.2, -0.15) is 28.6 Å². The molecule has 1 heterocycles. The minimum atomic E-state index is -4.92. The van der Waals surface area contributed by atoms with Gasteiger partial charge in [-0.15, -0.1) is 0 Å². The molecule has 0 saturated heterocycles. The Morgan fingerprint density at radius 1 is 1.31 bits per heavy atom. The van der Waals surface area contributed by atoms with Crippen LogP contribution in [0.15, 0.2) is 18.2 Å². The molecule has 0 aliphatic carbocycles. The van der Waals surface area contributed by atoms with Gasteiger partial charge >= 0.3 is 12.1 Å². The van der Waals surface area contributed by atoms with Gasteiger partial charge < -0.3 is 5.32 Å². The van der Waals surface area contributed by atoms with Crippen molar-refractivity contribution >= 4 is 22.6 Å². The number of halogens is 3. The number of aromatic nitrogens is 3. The number of benzene rings is 1. The summed E-state index contributed by atoms with van der Waals surface area (Å²) in [7, 11) is 0. The third-order valence-electron chi connectivity index (χ3n) is 1.85. The van der Waals surface area contributed by atoms with E-state index in [1.807, 2.05) is 0 Å². The SMILES string of the molecule is O=C(Nc1cccc2n[nH]nc12)C(F)(F)F. The number of fused-ring (bicyclic) bond motifs is 1. The Balaban J connectivity index is 2.35. The van der Waals surface area contributed by atoms with Crippen LogP contribution in [0.2, 0.25) is 0 Å². The van der Waals surface area contributed by atoms with Crippen LogP contribution in [0.5, 0.6) is 0 Å². The number of anilines is 1. The normalized spacial score (nSPS) is 11.7. The summed E-state index contributed by atoms with van der Waals surface area (Å²) in [5, 5.41) is 11.3. The van der Waals surface area contributed by atoms with E-state index < -0.39 is 12.1 Å². The predicted octanol–water partition coefficient (Wildman–Crippen LogP) is 1.46.